The first-order chi connectivity index (χ1) is 10.1. The van der Waals surface area contributed by atoms with Gasteiger partial charge in [-0.3, -0.25) is 4.79 Å². The highest BCUT2D eigenvalue weighted by Crippen LogP contribution is 2.18. The Morgan fingerprint density at radius 1 is 1.52 bits per heavy atom. The van der Waals surface area contributed by atoms with Gasteiger partial charge in [-0.1, -0.05) is 12.1 Å². The lowest BCUT2D eigenvalue weighted by Gasteiger charge is -2.32. The van der Waals surface area contributed by atoms with Crippen molar-refractivity contribution in [3.63, 3.8) is 0 Å². The van der Waals surface area contributed by atoms with E-state index in [0.717, 1.165) is 19.4 Å². The van der Waals surface area contributed by atoms with E-state index in [1.54, 1.807) is 12.1 Å². The van der Waals surface area contributed by atoms with E-state index < -0.39 is 6.61 Å². The predicted octanol–water partition coefficient (Wildman–Crippen LogP) is 2.04. The third-order valence-corrected chi connectivity index (χ3v) is 3.66. The number of carbonyl (C=O) groups excluding carboxylic acids is 1. The van der Waals surface area contributed by atoms with Crippen LogP contribution in [-0.2, 0) is 11.2 Å². The molecule has 0 aliphatic carbocycles. The van der Waals surface area contributed by atoms with Gasteiger partial charge in [0.2, 0.25) is 5.91 Å². The molecule has 21 heavy (non-hydrogen) atoms. The molecular weight excluding hydrogens is 278 g/mol. The molecule has 4 nitrogen and oxygen atoms in total. The van der Waals surface area contributed by atoms with Crippen LogP contribution in [0.3, 0.4) is 0 Å². The fourth-order valence-corrected chi connectivity index (χ4v) is 2.56. The van der Waals surface area contributed by atoms with Crippen LogP contribution in [0.4, 0.5) is 8.78 Å². The van der Waals surface area contributed by atoms with Crippen LogP contribution in [-0.4, -0.2) is 43.6 Å². The fourth-order valence-electron chi connectivity index (χ4n) is 2.56. The molecule has 6 heteroatoms. The summed E-state index contributed by atoms with van der Waals surface area (Å²) in [4.78, 5) is 14.1. The van der Waals surface area contributed by atoms with Crippen molar-refractivity contribution in [3.05, 3.63) is 29.8 Å². The van der Waals surface area contributed by atoms with Crippen molar-refractivity contribution in [1.29, 1.82) is 0 Å². The lowest BCUT2D eigenvalue weighted by Crippen LogP contribution is -2.47. The Balaban J connectivity index is 1.95. The molecule has 116 valence electrons. The summed E-state index contributed by atoms with van der Waals surface area (Å²) in [6.45, 7) is -1.40. The number of carbonyl (C=O) groups is 1. The minimum atomic E-state index is -2.85. The third kappa shape index (κ3) is 4.67. The van der Waals surface area contributed by atoms with Gasteiger partial charge in [-0.2, -0.15) is 8.78 Å². The number of ether oxygens (including phenoxy) is 1. The minimum Gasteiger partial charge on any atom is -0.435 e. The lowest BCUT2D eigenvalue weighted by atomic mass is 10.0. The molecule has 1 aromatic rings. The molecule has 1 heterocycles. The molecule has 1 amide bonds. The number of halogens is 2. The molecule has 0 saturated carbocycles. The van der Waals surface area contributed by atoms with Gasteiger partial charge in [-0.15, -0.1) is 0 Å². The van der Waals surface area contributed by atoms with E-state index in [1.807, 2.05) is 11.9 Å². The Hall–Kier alpha value is -1.69. The summed E-state index contributed by atoms with van der Waals surface area (Å²) in [6, 6.07) is 6.64. The van der Waals surface area contributed by atoms with Gasteiger partial charge in [0.1, 0.15) is 5.75 Å². The molecule has 1 aromatic carbocycles. The largest absolute Gasteiger partial charge is 0.435 e. The van der Waals surface area contributed by atoms with E-state index in [4.69, 9.17) is 0 Å². The molecule has 0 radical (unpaired) electrons. The first-order valence-corrected chi connectivity index (χ1v) is 7.07. The Morgan fingerprint density at radius 3 is 3.05 bits per heavy atom. The van der Waals surface area contributed by atoms with Crippen LogP contribution in [0.25, 0.3) is 0 Å². The van der Waals surface area contributed by atoms with Gasteiger partial charge >= 0.3 is 6.61 Å². The Kier molecular flexibility index (Phi) is 5.50. The third-order valence-electron chi connectivity index (χ3n) is 3.66. The summed E-state index contributed by atoms with van der Waals surface area (Å²) < 4.78 is 28.7. The van der Waals surface area contributed by atoms with E-state index in [2.05, 4.69) is 10.1 Å². The molecule has 1 unspecified atom stereocenters. The van der Waals surface area contributed by atoms with E-state index in [9.17, 15) is 13.6 Å². The van der Waals surface area contributed by atoms with E-state index in [1.165, 1.54) is 12.1 Å². The number of rotatable bonds is 5. The number of likely N-dealkylation sites (N-methyl/N-ethyl adjacent to an activating group) is 1. The van der Waals surface area contributed by atoms with Crippen LogP contribution in [0.15, 0.2) is 24.3 Å². The van der Waals surface area contributed by atoms with Crippen molar-refractivity contribution in [2.75, 3.05) is 20.1 Å². The monoisotopic (exact) mass is 298 g/mol. The zero-order chi connectivity index (χ0) is 15.2. The van der Waals surface area contributed by atoms with Crippen molar-refractivity contribution in [3.8, 4) is 5.75 Å². The summed E-state index contributed by atoms with van der Waals surface area (Å²) in [5.74, 6) is 0.103. The highest BCUT2D eigenvalue weighted by Gasteiger charge is 2.22. The number of piperidine rings is 1. The van der Waals surface area contributed by atoms with Gasteiger partial charge in [0, 0.05) is 19.1 Å². The summed E-state index contributed by atoms with van der Waals surface area (Å²) in [6.07, 6.45) is 2.25. The van der Waals surface area contributed by atoms with Crippen LogP contribution in [0.5, 0.6) is 5.75 Å². The van der Waals surface area contributed by atoms with E-state index in [0.29, 0.717) is 18.2 Å². The Bertz CT molecular complexity index is 482. The van der Waals surface area contributed by atoms with Crippen molar-refractivity contribution >= 4 is 5.91 Å². The molecule has 1 aliphatic heterocycles. The molecule has 1 fully saturated rings. The smallest absolute Gasteiger partial charge is 0.387 e. The minimum absolute atomic E-state index is 0.0177. The number of alkyl halides is 2. The second-order valence-electron chi connectivity index (χ2n) is 5.17. The van der Waals surface area contributed by atoms with Gasteiger partial charge in [0.05, 0.1) is 6.42 Å². The second-order valence-corrected chi connectivity index (χ2v) is 5.17. The normalized spacial score (nSPS) is 18.9. The highest BCUT2D eigenvalue weighted by atomic mass is 19.3. The zero-order valence-corrected chi connectivity index (χ0v) is 12.0. The maximum atomic E-state index is 12.3. The predicted molar refractivity (Wildman–Crippen MR) is 75.4 cm³/mol. The maximum absolute atomic E-state index is 12.3. The van der Waals surface area contributed by atoms with Crippen molar-refractivity contribution in [2.45, 2.75) is 31.9 Å². The van der Waals surface area contributed by atoms with Crippen molar-refractivity contribution in [1.82, 2.24) is 10.2 Å². The highest BCUT2D eigenvalue weighted by molar-refractivity contribution is 5.79. The summed E-state index contributed by atoms with van der Waals surface area (Å²) >= 11 is 0. The Morgan fingerprint density at radius 2 is 2.33 bits per heavy atom. The standard InChI is InChI=1S/C15H20F2N2O2/c1-18-12-5-3-7-19(10-12)14(20)9-11-4-2-6-13(8-11)21-15(16)17/h2,4,6,8,12,15,18H,3,5,7,9-10H2,1H3. The zero-order valence-electron chi connectivity index (χ0n) is 12.0. The molecule has 0 bridgehead atoms. The number of amides is 1. The molecule has 2 rings (SSSR count). The lowest BCUT2D eigenvalue weighted by molar-refractivity contribution is -0.131. The van der Waals surface area contributed by atoms with Gasteiger partial charge in [0.25, 0.3) is 0 Å². The SMILES string of the molecule is CNC1CCCN(C(=O)Cc2cccc(OC(F)F)c2)C1. The average molecular weight is 298 g/mol. The fraction of sp³-hybridized carbons (Fsp3) is 0.533. The van der Waals surface area contributed by atoms with Gasteiger partial charge in [0.15, 0.2) is 0 Å². The number of likely N-dealkylation sites (tertiary alicyclic amines) is 1. The first kappa shape index (κ1) is 15.7. The molecule has 1 atom stereocenters. The number of nitrogens with one attached hydrogen (secondary N) is 1. The number of hydrogen-bond donors (Lipinski definition) is 1. The summed E-state index contributed by atoms with van der Waals surface area (Å²) in [5.41, 5.74) is 0.685. The number of nitrogens with zero attached hydrogens (tertiary/aromatic N) is 1. The number of hydrogen-bond acceptors (Lipinski definition) is 3. The van der Waals surface area contributed by atoms with Crippen LogP contribution < -0.4 is 10.1 Å². The maximum Gasteiger partial charge on any atom is 0.387 e. The van der Waals surface area contributed by atoms with E-state index >= 15 is 0 Å². The van der Waals surface area contributed by atoms with Crippen molar-refractivity contribution in [2.24, 2.45) is 0 Å². The molecule has 1 saturated heterocycles. The molecule has 0 aromatic heterocycles. The summed E-state index contributed by atoms with van der Waals surface area (Å²) in [5, 5.41) is 3.19. The van der Waals surface area contributed by atoms with Crippen molar-refractivity contribution < 1.29 is 18.3 Å². The van der Waals surface area contributed by atoms with Crippen LogP contribution in [0, 0.1) is 0 Å². The Labute approximate surface area is 123 Å². The topological polar surface area (TPSA) is 41.6 Å². The molecule has 1 N–H and O–H groups in total. The quantitative estimate of drug-likeness (QED) is 0.904. The van der Waals surface area contributed by atoms with Gasteiger partial charge in [-0.05, 0) is 37.6 Å². The first-order valence-electron chi connectivity index (χ1n) is 7.07. The van der Waals surface area contributed by atoms with E-state index in [-0.39, 0.29) is 18.1 Å². The van der Waals surface area contributed by atoms with Gasteiger partial charge < -0.3 is 15.0 Å². The van der Waals surface area contributed by atoms with Gasteiger partial charge in [-0.25, -0.2) is 0 Å². The summed E-state index contributed by atoms with van der Waals surface area (Å²) in [7, 11) is 1.89. The molecular formula is C15H20F2N2O2. The van der Waals surface area contributed by atoms with Crippen LogP contribution in [0.1, 0.15) is 18.4 Å². The van der Waals surface area contributed by atoms with Crippen LogP contribution >= 0.6 is 0 Å². The van der Waals surface area contributed by atoms with Crippen LogP contribution in [0.2, 0.25) is 0 Å². The number of benzene rings is 1. The second kappa shape index (κ2) is 7.36. The molecule has 1 aliphatic rings. The molecule has 0 spiro atoms. The average Bonchev–Trinajstić information content (AvgIpc) is 2.47.